The van der Waals surface area contributed by atoms with Crippen molar-refractivity contribution >= 4 is 23.5 Å². The van der Waals surface area contributed by atoms with Gasteiger partial charge in [0.15, 0.2) is 0 Å². The van der Waals surface area contributed by atoms with Gasteiger partial charge in [-0.1, -0.05) is 0 Å². The van der Waals surface area contributed by atoms with Crippen LogP contribution in [0.25, 0.3) is 0 Å². The number of hydrogen-bond acceptors (Lipinski definition) is 5. The fraction of sp³-hybridized carbons (Fsp3) is 0.250. The van der Waals surface area contributed by atoms with E-state index in [1.54, 1.807) is 0 Å². The first-order valence-electron chi connectivity index (χ1n) is 5.69. The van der Waals surface area contributed by atoms with Gasteiger partial charge in [0.1, 0.15) is 13.1 Å². The summed E-state index contributed by atoms with van der Waals surface area (Å²) in [6.07, 6.45) is 0. The number of carbonyl (C=O) groups excluding carboxylic acids is 1. The van der Waals surface area contributed by atoms with E-state index in [1.807, 2.05) is 0 Å². The Morgan fingerprint density at radius 1 is 1.14 bits per heavy atom. The molecule has 0 aromatic heterocycles. The normalized spacial score (nSPS) is 9.95. The van der Waals surface area contributed by atoms with Crippen LogP contribution in [0.3, 0.4) is 0 Å². The number of nitro benzene ring substituents is 1. The number of hydrogen-bond donors (Lipinski definition) is 2. The highest BCUT2D eigenvalue weighted by atomic mass is 16.6. The van der Waals surface area contributed by atoms with Crippen molar-refractivity contribution in [3.05, 3.63) is 39.4 Å². The molecule has 0 aliphatic rings. The van der Waals surface area contributed by atoms with Gasteiger partial charge in [0.2, 0.25) is 0 Å². The van der Waals surface area contributed by atoms with Crippen LogP contribution in [-0.4, -0.2) is 51.0 Å². The second-order valence-corrected chi connectivity index (χ2v) is 4.26. The van der Waals surface area contributed by atoms with Crippen molar-refractivity contribution in [2.24, 2.45) is 0 Å². The molecule has 0 fully saturated rings. The lowest BCUT2D eigenvalue weighted by atomic mass is 10.1. The molecule has 0 saturated carbocycles. The second kappa shape index (κ2) is 6.46. The Bertz CT molecular complexity index is 596. The van der Waals surface area contributed by atoms with Gasteiger partial charge in [0.05, 0.1) is 4.92 Å². The number of carboxylic acids is 2. The highest BCUT2D eigenvalue weighted by Crippen LogP contribution is 2.18. The number of rotatable bonds is 6. The second-order valence-electron chi connectivity index (χ2n) is 4.26. The number of nitrogens with zero attached hydrogens (tertiary/aromatic N) is 2. The van der Waals surface area contributed by atoms with Gasteiger partial charge in [-0.2, -0.15) is 0 Å². The molecule has 0 spiro atoms. The Hall–Kier alpha value is -2.97. The van der Waals surface area contributed by atoms with Crippen LogP contribution >= 0.6 is 0 Å². The Morgan fingerprint density at radius 2 is 1.67 bits per heavy atom. The summed E-state index contributed by atoms with van der Waals surface area (Å²) in [5.74, 6) is -3.66. The number of aryl methyl sites for hydroxylation is 1. The Labute approximate surface area is 118 Å². The van der Waals surface area contributed by atoms with E-state index >= 15 is 0 Å². The lowest BCUT2D eigenvalue weighted by Gasteiger charge is -2.18. The maximum Gasteiger partial charge on any atom is 0.323 e. The van der Waals surface area contributed by atoms with Gasteiger partial charge in [0, 0.05) is 17.7 Å². The zero-order chi connectivity index (χ0) is 16.2. The lowest BCUT2D eigenvalue weighted by Crippen LogP contribution is -2.39. The number of amides is 1. The third-order valence-electron chi connectivity index (χ3n) is 2.46. The first kappa shape index (κ1) is 16.1. The number of aliphatic carboxylic acids is 2. The molecular formula is C12H12N2O7. The number of carbonyl (C=O) groups is 3. The molecule has 1 amide bonds. The van der Waals surface area contributed by atoms with Crippen molar-refractivity contribution in [1.82, 2.24) is 4.90 Å². The summed E-state index contributed by atoms with van der Waals surface area (Å²) in [6.45, 7) is -0.0950. The Balaban J connectivity index is 3.16. The van der Waals surface area contributed by atoms with Crippen molar-refractivity contribution in [2.45, 2.75) is 6.92 Å². The maximum atomic E-state index is 12.1. The highest BCUT2D eigenvalue weighted by molar-refractivity contribution is 5.98. The Kier molecular flexibility index (Phi) is 4.95. The zero-order valence-corrected chi connectivity index (χ0v) is 11.0. The molecule has 1 rings (SSSR count). The van der Waals surface area contributed by atoms with Crippen molar-refractivity contribution in [2.75, 3.05) is 13.1 Å². The molecular weight excluding hydrogens is 284 g/mol. The van der Waals surface area contributed by atoms with Crippen molar-refractivity contribution in [3.8, 4) is 0 Å². The van der Waals surface area contributed by atoms with E-state index in [1.165, 1.54) is 19.1 Å². The first-order valence-corrected chi connectivity index (χ1v) is 5.69. The molecule has 0 saturated heterocycles. The average molecular weight is 296 g/mol. The van der Waals surface area contributed by atoms with E-state index in [0.29, 0.717) is 10.5 Å². The van der Waals surface area contributed by atoms with Crippen molar-refractivity contribution < 1.29 is 29.5 Å². The molecule has 9 heteroatoms. The van der Waals surface area contributed by atoms with E-state index in [0.717, 1.165) is 6.07 Å². The van der Waals surface area contributed by atoms with Crippen LogP contribution in [0.2, 0.25) is 0 Å². The third kappa shape index (κ3) is 4.56. The third-order valence-corrected chi connectivity index (χ3v) is 2.46. The SMILES string of the molecule is Cc1cc(C(=O)N(CC(=O)O)CC(=O)O)cc([N+](=O)[O-])c1. The monoisotopic (exact) mass is 296 g/mol. The van der Waals surface area contributed by atoms with Crippen LogP contribution in [0.1, 0.15) is 15.9 Å². The minimum absolute atomic E-state index is 0.135. The molecule has 1 aromatic rings. The van der Waals surface area contributed by atoms with Crippen molar-refractivity contribution in [3.63, 3.8) is 0 Å². The van der Waals surface area contributed by atoms with Gasteiger partial charge < -0.3 is 15.1 Å². The number of benzene rings is 1. The van der Waals surface area contributed by atoms with E-state index in [4.69, 9.17) is 10.2 Å². The van der Waals surface area contributed by atoms with Gasteiger partial charge in [-0.05, 0) is 18.6 Å². The summed E-state index contributed by atoms with van der Waals surface area (Å²) < 4.78 is 0. The first-order chi connectivity index (χ1) is 9.70. The van der Waals surface area contributed by atoms with Crippen LogP contribution in [0, 0.1) is 17.0 Å². The van der Waals surface area contributed by atoms with E-state index in [9.17, 15) is 24.5 Å². The molecule has 1 aromatic carbocycles. The average Bonchev–Trinajstić information content (AvgIpc) is 2.35. The molecule has 2 N–H and O–H groups in total. The zero-order valence-electron chi connectivity index (χ0n) is 11.0. The van der Waals surface area contributed by atoms with Gasteiger partial charge in [-0.3, -0.25) is 24.5 Å². The van der Waals surface area contributed by atoms with Gasteiger partial charge in [-0.15, -0.1) is 0 Å². The molecule has 0 heterocycles. The van der Waals surface area contributed by atoms with E-state index in [-0.39, 0.29) is 11.3 Å². The quantitative estimate of drug-likeness (QED) is 0.576. The summed E-state index contributed by atoms with van der Waals surface area (Å²) >= 11 is 0. The van der Waals surface area contributed by atoms with E-state index in [2.05, 4.69) is 0 Å². The van der Waals surface area contributed by atoms with Gasteiger partial charge in [-0.25, -0.2) is 0 Å². The Morgan fingerprint density at radius 3 is 2.10 bits per heavy atom. The summed E-state index contributed by atoms with van der Waals surface area (Å²) in [5.41, 5.74) is -0.0358. The predicted molar refractivity (Wildman–Crippen MR) is 69.0 cm³/mol. The highest BCUT2D eigenvalue weighted by Gasteiger charge is 2.23. The molecule has 0 unspecified atom stereocenters. The molecule has 112 valence electrons. The minimum atomic E-state index is -1.38. The van der Waals surface area contributed by atoms with Crippen molar-refractivity contribution in [1.29, 1.82) is 0 Å². The van der Waals surface area contributed by atoms with Crippen LogP contribution in [0.15, 0.2) is 18.2 Å². The predicted octanol–water partition coefficient (Wildman–Crippen LogP) is 0.515. The maximum absolute atomic E-state index is 12.1. The number of nitro groups is 1. The van der Waals surface area contributed by atoms with Crippen LogP contribution in [0.4, 0.5) is 5.69 Å². The van der Waals surface area contributed by atoms with Gasteiger partial charge >= 0.3 is 11.9 Å². The number of non-ortho nitro benzene ring substituents is 1. The van der Waals surface area contributed by atoms with Crippen LogP contribution < -0.4 is 0 Å². The standard InChI is InChI=1S/C12H12N2O7/c1-7-2-8(4-9(3-7)14(20)21)12(19)13(5-10(15)16)6-11(17)18/h2-4H,5-6H2,1H3,(H,15,16)(H,17,18). The van der Waals surface area contributed by atoms with Crippen LogP contribution in [-0.2, 0) is 9.59 Å². The molecule has 0 radical (unpaired) electrons. The number of carboxylic acid groups (broad SMARTS) is 2. The summed E-state index contributed by atoms with van der Waals surface area (Å²) in [7, 11) is 0. The van der Waals surface area contributed by atoms with Crippen LogP contribution in [0.5, 0.6) is 0 Å². The molecule has 0 aliphatic carbocycles. The topological polar surface area (TPSA) is 138 Å². The molecule has 9 nitrogen and oxygen atoms in total. The largest absolute Gasteiger partial charge is 0.480 e. The minimum Gasteiger partial charge on any atom is -0.480 e. The fourth-order valence-electron chi connectivity index (χ4n) is 1.70. The molecule has 0 bridgehead atoms. The summed E-state index contributed by atoms with van der Waals surface area (Å²) in [4.78, 5) is 44.1. The van der Waals surface area contributed by atoms with Gasteiger partial charge in [0.25, 0.3) is 11.6 Å². The lowest BCUT2D eigenvalue weighted by molar-refractivity contribution is -0.384. The summed E-state index contributed by atoms with van der Waals surface area (Å²) in [6, 6.07) is 3.55. The van der Waals surface area contributed by atoms with E-state index < -0.39 is 35.9 Å². The smallest absolute Gasteiger partial charge is 0.323 e. The molecule has 0 atom stereocenters. The molecule has 0 aliphatic heterocycles. The molecule has 21 heavy (non-hydrogen) atoms. The summed E-state index contributed by atoms with van der Waals surface area (Å²) in [5, 5.41) is 28.1. The fourth-order valence-corrected chi connectivity index (χ4v) is 1.70.